The Morgan fingerprint density at radius 1 is 1.12 bits per heavy atom. The first kappa shape index (κ1) is 14.9. The highest BCUT2D eigenvalue weighted by Crippen LogP contribution is 2.32. The highest BCUT2D eigenvalue weighted by atomic mass is 16.5. The summed E-state index contributed by atoms with van der Waals surface area (Å²) in [6.45, 7) is 10.8. The largest absolute Gasteiger partial charge is 0.379 e. The van der Waals surface area contributed by atoms with Gasteiger partial charge in [0, 0.05) is 12.6 Å². The van der Waals surface area contributed by atoms with Gasteiger partial charge < -0.3 is 14.8 Å². The van der Waals surface area contributed by atoms with E-state index in [1.54, 1.807) is 0 Å². The fourth-order valence-electron chi connectivity index (χ4n) is 1.84. The lowest BCUT2D eigenvalue weighted by Gasteiger charge is -2.18. The average molecular weight is 243 g/mol. The molecule has 1 fully saturated rings. The zero-order valence-corrected chi connectivity index (χ0v) is 11.7. The van der Waals surface area contributed by atoms with Gasteiger partial charge in [-0.05, 0) is 37.6 Å². The van der Waals surface area contributed by atoms with Gasteiger partial charge in [0.15, 0.2) is 0 Å². The van der Waals surface area contributed by atoms with E-state index in [2.05, 4.69) is 26.1 Å². The third kappa shape index (κ3) is 7.74. The number of hydrogen-bond donors (Lipinski definition) is 1. The van der Waals surface area contributed by atoms with Gasteiger partial charge >= 0.3 is 0 Å². The Balaban J connectivity index is 1.95. The van der Waals surface area contributed by atoms with Gasteiger partial charge in [0.25, 0.3) is 0 Å². The lowest BCUT2D eigenvalue weighted by molar-refractivity contribution is 0.0284. The Bertz CT molecular complexity index is 181. The molecule has 0 amide bonds. The molecule has 1 unspecified atom stereocenters. The van der Waals surface area contributed by atoms with E-state index in [9.17, 15) is 0 Å². The summed E-state index contributed by atoms with van der Waals surface area (Å²) in [5.41, 5.74) is 0. The number of hydrogen-bond acceptors (Lipinski definition) is 3. The number of ether oxygens (including phenoxy) is 2. The van der Waals surface area contributed by atoms with Crippen molar-refractivity contribution in [2.75, 3.05) is 33.0 Å². The smallest absolute Gasteiger partial charge is 0.0701 e. The normalized spacial score (nSPS) is 17.6. The minimum Gasteiger partial charge on any atom is -0.379 e. The molecule has 1 atom stereocenters. The molecule has 0 aromatic rings. The van der Waals surface area contributed by atoms with Crippen LogP contribution >= 0.6 is 0 Å². The van der Waals surface area contributed by atoms with E-state index in [-0.39, 0.29) is 0 Å². The van der Waals surface area contributed by atoms with Crippen LogP contribution in [0, 0.1) is 11.8 Å². The van der Waals surface area contributed by atoms with E-state index in [1.807, 2.05) is 0 Å². The van der Waals surface area contributed by atoms with Crippen LogP contribution < -0.4 is 5.32 Å². The third-order valence-corrected chi connectivity index (χ3v) is 2.97. The minimum atomic E-state index is 0.569. The van der Waals surface area contributed by atoms with Gasteiger partial charge in [0.1, 0.15) is 0 Å². The number of nitrogens with one attached hydrogen (secondary N) is 1. The second-order valence-corrected chi connectivity index (χ2v) is 5.44. The van der Waals surface area contributed by atoms with Gasteiger partial charge in [-0.1, -0.05) is 20.8 Å². The molecular weight excluding hydrogens is 214 g/mol. The third-order valence-electron chi connectivity index (χ3n) is 2.97. The van der Waals surface area contributed by atoms with Crippen LogP contribution in [0.15, 0.2) is 0 Å². The summed E-state index contributed by atoms with van der Waals surface area (Å²) < 4.78 is 11.2. The van der Waals surface area contributed by atoms with Crippen LogP contribution in [-0.4, -0.2) is 39.0 Å². The molecule has 0 aromatic carbocycles. The van der Waals surface area contributed by atoms with Gasteiger partial charge in [0.2, 0.25) is 0 Å². The van der Waals surface area contributed by atoms with Crippen molar-refractivity contribution >= 4 is 0 Å². The molecule has 3 nitrogen and oxygen atoms in total. The number of rotatable bonds is 11. The predicted molar refractivity (Wildman–Crippen MR) is 71.3 cm³/mol. The van der Waals surface area contributed by atoms with Gasteiger partial charge in [-0.2, -0.15) is 0 Å². The summed E-state index contributed by atoms with van der Waals surface area (Å²) in [6, 6.07) is 0.569. The summed E-state index contributed by atoms with van der Waals surface area (Å²) in [4.78, 5) is 0. The van der Waals surface area contributed by atoms with Crippen LogP contribution in [0.5, 0.6) is 0 Å². The van der Waals surface area contributed by atoms with Crippen molar-refractivity contribution in [2.45, 2.75) is 46.1 Å². The zero-order chi connectivity index (χ0) is 12.5. The average Bonchev–Trinajstić information content (AvgIpc) is 3.10. The summed E-state index contributed by atoms with van der Waals surface area (Å²) in [7, 11) is 0. The molecule has 1 rings (SSSR count). The standard InChI is InChI=1S/C14H29NO2/c1-4-7-15-14(13-5-6-13)11-17-9-8-16-10-12(2)3/h12-15H,4-11H2,1-3H3. The Kier molecular flexibility index (Phi) is 7.82. The van der Waals surface area contributed by atoms with Gasteiger partial charge in [0.05, 0.1) is 19.8 Å². The van der Waals surface area contributed by atoms with E-state index in [1.165, 1.54) is 19.3 Å². The molecule has 0 aliphatic heterocycles. The summed E-state index contributed by atoms with van der Waals surface area (Å²) in [5, 5.41) is 3.57. The molecular formula is C14H29NO2. The topological polar surface area (TPSA) is 30.5 Å². The van der Waals surface area contributed by atoms with E-state index >= 15 is 0 Å². The van der Waals surface area contributed by atoms with Crippen molar-refractivity contribution in [3.8, 4) is 0 Å². The summed E-state index contributed by atoms with van der Waals surface area (Å²) >= 11 is 0. The Hall–Kier alpha value is -0.120. The molecule has 0 spiro atoms. The van der Waals surface area contributed by atoms with Crippen LogP contribution in [0.4, 0.5) is 0 Å². The molecule has 1 aliphatic rings. The molecule has 3 heteroatoms. The van der Waals surface area contributed by atoms with E-state index < -0.39 is 0 Å². The van der Waals surface area contributed by atoms with E-state index in [4.69, 9.17) is 9.47 Å². The van der Waals surface area contributed by atoms with Crippen LogP contribution in [0.3, 0.4) is 0 Å². The van der Waals surface area contributed by atoms with Crippen molar-refractivity contribution in [2.24, 2.45) is 11.8 Å². The van der Waals surface area contributed by atoms with Crippen molar-refractivity contribution in [3.63, 3.8) is 0 Å². The maximum absolute atomic E-state index is 5.69. The lowest BCUT2D eigenvalue weighted by atomic mass is 10.2. The van der Waals surface area contributed by atoms with Crippen molar-refractivity contribution in [1.82, 2.24) is 5.32 Å². The molecule has 0 aromatic heterocycles. The van der Waals surface area contributed by atoms with E-state index in [0.29, 0.717) is 12.0 Å². The van der Waals surface area contributed by atoms with Crippen LogP contribution in [0.1, 0.15) is 40.0 Å². The van der Waals surface area contributed by atoms with E-state index in [0.717, 1.165) is 38.9 Å². The van der Waals surface area contributed by atoms with Crippen LogP contribution in [0.25, 0.3) is 0 Å². The van der Waals surface area contributed by atoms with Crippen LogP contribution in [0.2, 0.25) is 0 Å². The summed E-state index contributed by atoms with van der Waals surface area (Å²) in [5.74, 6) is 1.47. The van der Waals surface area contributed by atoms with Gasteiger partial charge in [-0.25, -0.2) is 0 Å². The first-order valence-corrected chi connectivity index (χ1v) is 7.13. The fourth-order valence-corrected chi connectivity index (χ4v) is 1.84. The second-order valence-electron chi connectivity index (χ2n) is 5.44. The molecule has 1 aliphatic carbocycles. The Labute approximate surface area is 106 Å². The molecule has 1 saturated carbocycles. The first-order valence-electron chi connectivity index (χ1n) is 7.13. The maximum Gasteiger partial charge on any atom is 0.0701 e. The highest BCUT2D eigenvalue weighted by Gasteiger charge is 2.30. The van der Waals surface area contributed by atoms with Crippen molar-refractivity contribution < 1.29 is 9.47 Å². The molecule has 102 valence electrons. The molecule has 17 heavy (non-hydrogen) atoms. The van der Waals surface area contributed by atoms with Gasteiger partial charge in [-0.15, -0.1) is 0 Å². The highest BCUT2D eigenvalue weighted by molar-refractivity contribution is 4.86. The van der Waals surface area contributed by atoms with Gasteiger partial charge in [-0.3, -0.25) is 0 Å². The molecule has 0 bridgehead atoms. The monoisotopic (exact) mass is 243 g/mol. The minimum absolute atomic E-state index is 0.569. The second kappa shape index (κ2) is 8.90. The molecule has 0 saturated heterocycles. The molecule has 0 radical (unpaired) electrons. The maximum atomic E-state index is 5.69. The predicted octanol–water partition coefficient (Wildman–Crippen LogP) is 2.45. The molecule has 0 heterocycles. The summed E-state index contributed by atoms with van der Waals surface area (Å²) in [6.07, 6.45) is 3.93. The fraction of sp³-hybridized carbons (Fsp3) is 1.00. The first-order chi connectivity index (χ1) is 8.24. The lowest BCUT2D eigenvalue weighted by Crippen LogP contribution is -2.36. The zero-order valence-electron chi connectivity index (χ0n) is 11.7. The van der Waals surface area contributed by atoms with Crippen LogP contribution in [-0.2, 0) is 9.47 Å². The quantitative estimate of drug-likeness (QED) is 0.565. The Morgan fingerprint density at radius 3 is 2.29 bits per heavy atom. The van der Waals surface area contributed by atoms with Crippen molar-refractivity contribution in [3.05, 3.63) is 0 Å². The Morgan fingerprint density at radius 2 is 1.76 bits per heavy atom. The van der Waals surface area contributed by atoms with Crippen molar-refractivity contribution in [1.29, 1.82) is 0 Å². The molecule has 1 N–H and O–H groups in total. The SMILES string of the molecule is CCCNC(COCCOCC(C)C)C1CC1.